The maximum absolute atomic E-state index is 11.4. The molecule has 3 amide bonds. The molecule has 104 valence electrons. The van der Waals surface area contributed by atoms with Crippen molar-refractivity contribution in [1.82, 2.24) is 5.43 Å². The monoisotopic (exact) mass is 276 g/mol. The molecule has 0 atom stereocenters. The number of primary amides is 2. The van der Waals surface area contributed by atoms with E-state index in [1.807, 2.05) is 5.43 Å². The third-order valence-corrected chi connectivity index (χ3v) is 2.49. The van der Waals surface area contributed by atoms with E-state index in [9.17, 15) is 9.59 Å². The molecular formula is C12H12N4O4. The second-order valence-corrected chi connectivity index (χ2v) is 3.82. The van der Waals surface area contributed by atoms with Gasteiger partial charge in [-0.3, -0.25) is 4.79 Å². The molecule has 0 aliphatic carbocycles. The quantitative estimate of drug-likeness (QED) is 0.681. The van der Waals surface area contributed by atoms with Crippen molar-refractivity contribution in [1.29, 1.82) is 0 Å². The summed E-state index contributed by atoms with van der Waals surface area (Å²) in [7, 11) is 1.52. The van der Waals surface area contributed by atoms with E-state index in [1.54, 1.807) is 18.2 Å². The fourth-order valence-electron chi connectivity index (χ4n) is 1.60. The van der Waals surface area contributed by atoms with Gasteiger partial charge in [-0.2, -0.15) is 0 Å². The zero-order valence-electron chi connectivity index (χ0n) is 10.5. The number of urea groups is 1. The Hall–Kier alpha value is -3.03. The van der Waals surface area contributed by atoms with Crippen molar-refractivity contribution in [2.24, 2.45) is 16.6 Å². The maximum atomic E-state index is 11.4. The number of hydrogen-bond acceptors (Lipinski definition) is 5. The molecule has 2 rings (SSSR count). The van der Waals surface area contributed by atoms with Gasteiger partial charge in [-0.25, -0.2) is 10.2 Å². The van der Waals surface area contributed by atoms with Crippen LogP contribution in [0.5, 0.6) is 5.75 Å². The standard InChI is InChI=1S/C12H12N4O4/c1-19-7-2-3-9-6(4-7)5-8(10(13)17)11(20-9)15-16-12(14)18/h2-5H,1H3,(H2,13,17)(H3,14,16,18)/b15-11+. The summed E-state index contributed by atoms with van der Waals surface area (Å²) in [6.45, 7) is 0. The summed E-state index contributed by atoms with van der Waals surface area (Å²) in [5, 5.41) is 4.20. The molecule has 5 N–H and O–H groups in total. The molecule has 0 fully saturated rings. The summed E-state index contributed by atoms with van der Waals surface area (Å²) in [5.41, 5.74) is 12.5. The molecule has 0 aliphatic heterocycles. The topological polar surface area (TPSA) is 133 Å². The maximum Gasteiger partial charge on any atom is 0.332 e. The van der Waals surface area contributed by atoms with Crippen LogP contribution in [0.1, 0.15) is 10.4 Å². The van der Waals surface area contributed by atoms with Crippen molar-refractivity contribution in [3.05, 3.63) is 35.4 Å². The smallest absolute Gasteiger partial charge is 0.332 e. The lowest BCUT2D eigenvalue weighted by Crippen LogP contribution is -2.29. The minimum atomic E-state index is -0.884. The van der Waals surface area contributed by atoms with Crippen LogP contribution in [-0.2, 0) is 0 Å². The van der Waals surface area contributed by atoms with Gasteiger partial charge in [-0.05, 0) is 24.3 Å². The highest BCUT2D eigenvalue weighted by Crippen LogP contribution is 2.20. The second-order valence-electron chi connectivity index (χ2n) is 3.82. The predicted molar refractivity (Wildman–Crippen MR) is 69.6 cm³/mol. The van der Waals surface area contributed by atoms with Crippen LogP contribution in [0.3, 0.4) is 0 Å². The van der Waals surface area contributed by atoms with Crippen LogP contribution in [-0.4, -0.2) is 19.0 Å². The predicted octanol–water partition coefficient (Wildman–Crippen LogP) is 0.0243. The number of nitrogens with one attached hydrogen (secondary N) is 1. The first kappa shape index (κ1) is 13.4. The number of methoxy groups -OCH3 is 1. The molecule has 0 unspecified atom stereocenters. The van der Waals surface area contributed by atoms with E-state index >= 15 is 0 Å². The second kappa shape index (κ2) is 5.31. The number of hydrogen-bond donors (Lipinski definition) is 3. The van der Waals surface area contributed by atoms with E-state index in [2.05, 4.69) is 5.10 Å². The van der Waals surface area contributed by atoms with Gasteiger partial charge in [0.1, 0.15) is 16.9 Å². The van der Waals surface area contributed by atoms with Crippen LogP contribution < -0.4 is 27.2 Å². The van der Waals surface area contributed by atoms with Gasteiger partial charge < -0.3 is 20.6 Å². The number of nitrogens with two attached hydrogens (primary N) is 2. The molecule has 1 heterocycles. The Morgan fingerprint density at radius 2 is 2.05 bits per heavy atom. The number of fused-ring (bicyclic) bond motifs is 1. The molecule has 0 saturated carbocycles. The lowest BCUT2D eigenvalue weighted by molar-refractivity contribution is 0.0996. The van der Waals surface area contributed by atoms with Gasteiger partial charge in [0.2, 0.25) is 5.55 Å². The molecular weight excluding hydrogens is 264 g/mol. The van der Waals surface area contributed by atoms with E-state index in [0.717, 1.165) is 0 Å². The molecule has 0 aliphatic rings. The third-order valence-electron chi connectivity index (χ3n) is 2.49. The molecule has 0 saturated heterocycles. The Kier molecular flexibility index (Phi) is 3.56. The van der Waals surface area contributed by atoms with Gasteiger partial charge in [-0.15, -0.1) is 5.10 Å². The minimum Gasteiger partial charge on any atom is -0.497 e. The average molecular weight is 276 g/mol. The molecule has 20 heavy (non-hydrogen) atoms. The Labute approximate surface area is 113 Å². The van der Waals surface area contributed by atoms with Gasteiger partial charge in [-0.1, -0.05) is 0 Å². The van der Waals surface area contributed by atoms with Crippen LogP contribution >= 0.6 is 0 Å². The average Bonchev–Trinajstić information content (AvgIpc) is 2.43. The highest BCUT2D eigenvalue weighted by Gasteiger charge is 2.10. The molecule has 1 aromatic carbocycles. The van der Waals surface area contributed by atoms with Crippen molar-refractivity contribution >= 4 is 22.9 Å². The van der Waals surface area contributed by atoms with Gasteiger partial charge >= 0.3 is 6.03 Å². The summed E-state index contributed by atoms with van der Waals surface area (Å²) in [6, 6.07) is 5.61. The lowest BCUT2D eigenvalue weighted by atomic mass is 10.1. The first-order chi connectivity index (χ1) is 9.51. The van der Waals surface area contributed by atoms with Crippen molar-refractivity contribution in [3.63, 3.8) is 0 Å². The number of rotatable bonds is 3. The van der Waals surface area contributed by atoms with E-state index in [-0.39, 0.29) is 11.1 Å². The fraction of sp³-hybridized carbons (Fsp3) is 0.0833. The van der Waals surface area contributed by atoms with Crippen molar-refractivity contribution in [2.45, 2.75) is 0 Å². The molecule has 8 heteroatoms. The van der Waals surface area contributed by atoms with Crippen LogP contribution in [0.15, 0.2) is 33.8 Å². The van der Waals surface area contributed by atoms with E-state index in [4.69, 9.17) is 20.6 Å². The van der Waals surface area contributed by atoms with Crippen LogP contribution in [0.4, 0.5) is 4.79 Å². The number of amides is 3. The SMILES string of the molecule is COc1ccc2o/c(=N/NC(N)=O)c(C(N)=O)cc2c1. The van der Waals surface area contributed by atoms with Crippen molar-refractivity contribution in [2.75, 3.05) is 7.11 Å². The molecule has 0 bridgehead atoms. The highest BCUT2D eigenvalue weighted by atomic mass is 16.5. The van der Waals surface area contributed by atoms with Crippen LogP contribution in [0.2, 0.25) is 0 Å². The van der Waals surface area contributed by atoms with Gasteiger partial charge in [0, 0.05) is 5.39 Å². The minimum absolute atomic E-state index is 0.0134. The highest BCUT2D eigenvalue weighted by molar-refractivity contribution is 5.95. The van der Waals surface area contributed by atoms with Crippen molar-refractivity contribution in [3.8, 4) is 5.75 Å². The summed E-state index contributed by atoms with van der Waals surface area (Å²) in [5.74, 6) is -0.147. The molecule has 8 nitrogen and oxygen atoms in total. The number of nitrogens with zero attached hydrogens (tertiary/aromatic N) is 1. The van der Waals surface area contributed by atoms with Gasteiger partial charge in [0.15, 0.2) is 0 Å². The summed E-state index contributed by atoms with van der Waals surface area (Å²) >= 11 is 0. The molecule has 2 aromatic rings. The summed E-state index contributed by atoms with van der Waals surface area (Å²) in [6.07, 6.45) is 0. The zero-order valence-corrected chi connectivity index (χ0v) is 10.5. The van der Waals surface area contributed by atoms with Crippen LogP contribution in [0.25, 0.3) is 11.0 Å². The summed E-state index contributed by atoms with van der Waals surface area (Å²) < 4.78 is 10.5. The number of benzene rings is 1. The van der Waals surface area contributed by atoms with Gasteiger partial charge in [0.05, 0.1) is 7.11 Å². The Morgan fingerprint density at radius 3 is 2.65 bits per heavy atom. The first-order valence-corrected chi connectivity index (χ1v) is 5.52. The van der Waals surface area contributed by atoms with E-state index < -0.39 is 11.9 Å². The summed E-state index contributed by atoms with van der Waals surface area (Å²) in [4.78, 5) is 22.0. The Balaban J connectivity index is 2.68. The molecule has 0 spiro atoms. The van der Waals surface area contributed by atoms with Crippen molar-refractivity contribution < 1.29 is 18.7 Å². The van der Waals surface area contributed by atoms with Gasteiger partial charge in [0.25, 0.3) is 5.91 Å². The Bertz CT molecular complexity index is 751. The molecule has 1 aromatic heterocycles. The van der Waals surface area contributed by atoms with Crippen LogP contribution in [0, 0.1) is 0 Å². The first-order valence-electron chi connectivity index (χ1n) is 5.52. The van der Waals surface area contributed by atoms with E-state index in [0.29, 0.717) is 16.7 Å². The number of ether oxygens (including phenoxy) is 1. The lowest BCUT2D eigenvalue weighted by Gasteiger charge is -2.04. The van der Waals surface area contributed by atoms with E-state index in [1.165, 1.54) is 13.2 Å². The largest absolute Gasteiger partial charge is 0.497 e. The normalized spacial score (nSPS) is 11.3. The number of carbonyl (C=O) groups is 2. The fourth-order valence-corrected chi connectivity index (χ4v) is 1.60. The number of carbonyl (C=O) groups excluding carboxylic acids is 2. The third kappa shape index (κ3) is 2.69. The Morgan fingerprint density at radius 1 is 1.30 bits per heavy atom. The molecule has 0 radical (unpaired) electrons. The zero-order chi connectivity index (χ0) is 14.7.